The Balaban J connectivity index is 0.938. The van der Waals surface area contributed by atoms with Gasteiger partial charge in [0.05, 0.1) is 22.1 Å². The number of hydrogen-bond acceptors (Lipinski definition) is 2. The lowest BCUT2D eigenvalue weighted by Gasteiger charge is -2.45. The number of aromatic nitrogens is 1. The molecule has 9 aromatic rings. The predicted octanol–water partition coefficient (Wildman–Crippen LogP) is 14.5. The van der Waals surface area contributed by atoms with Gasteiger partial charge < -0.3 is 9.47 Å². The lowest BCUT2D eigenvalue weighted by Crippen LogP contribution is -2.37. The number of nitrogens with zero attached hydrogens (tertiary/aromatic N) is 2. The highest BCUT2D eigenvalue weighted by Crippen LogP contribution is 2.62. The standard InChI is InChI=1S/C56H38N2S/c1-55-35-11-10-26-52(55)57(49-23-7-3-17-43(49)55)39-33-31-37(32-34-39)36-27-29-38(30-28-36)40-15-12-21-47-54(40)59-51-25-9-5-19-45(51)56(47)44-18-4-8-24-50(44)58-48-22-6-2-14-41(48)42-16-13-20-46(56)53(42)58/h2-34H,35H2,1H3. The Morgan fingerprint density at radius 3 is 1.98 bits per heavy atom. The van der Waals surface area contributed by atoms with Gasteiger partial charge in [0.1, 0.15) is 0 Å². The molecule has 59 heavy (non-hydrogen) atoms. The Morgan fingerprint density at radius 2 is 1.14 bits per heavy atom. The van der Waals surface area contributed by atoms with E-state index in [4.69, 9.17) is 0 Å². The summed E-state index contributed by atoms with van der Waals surface area (Å²) in [7, 11) is 0. The summed E-state index contributed by atoms with van der Waals surface area (Å²) in [6.07, 6.45) is 7.82. The molecule has 13 rings (SSSR count). The molecule has 3 aliphatic heterocycles. The topological polar surface area (TPSA) is 8.17 Å². The third-order valence-corrected chi connectivity index (χ3v) is 14.9. The van der Waals surface area contributed by atoms with Crippen molar-refractivity contribution in [3.63, 3.8) is 0 Å². The van der Waals surface area contributed by atoms with E-state index < -0.39 is 5.41 Å². The molecular formula is C56H38N2S. The molecule has 278 valence electrons. The van der Waals surface area contributed by atoms with Crippen LogP contribution in [0.3, 0.4) is 0 Å². The average molecular weight is 771 g/mol. The second-order valence-electron chi connectivity index (χ2n) is 16.6. The van der Waals surface area contributed by atoms with Crippen LogP contribution in [0, 0.1) is 0 Å². The van der Waals surface area contributed by atoms with Gasteiger partial charge in [-0.1, -0.05) is 170 Å². The van der Waals surface area contributed by atoms with E-state index in [1.807, 2.05) is 11.8 Å². The van der Waals surface area contributed by atoms with Gasteiger partial charge in [-0.3, -0.25) is 0 Å². The molecule has 4 heterocycles. The molecule has 2 unspecified atom stereocenters. The van der Waals surface area contributed by atoms with Crippen molar-refractivity contribution in [1.29, 1.82) is 0 Å². The van der Waals surface area contributed by atoms with Crippen LogP contribution in [0.25, 0.3) is 49.7 Å². The maximum atomic E-state index is 2.52. The molecule has 0 radical (unpaired) electrons. The number of benzene rings is 8. The van der Waals surface area contributed by atoms with E-state index in [1.165, 1.54) is 104 Å². The molecule has 8 aromatic carbocycles. The minimum absolute atomic E-state index is 0.00973. The Hall–Kier alpha value is -6.81. The molecule has 0 N–H and O–H groups in total. The molecule has 0 bridgehead atoms. The fourth-order valence-electron chi connectivity index (χ4n) is 11.1. The van der Waals surface area contributed by atoms with Gasteiger partial charge in [-0.15, -0.1) is 0 Å². The molecule has 2 nitrogen and oxygen atoms in total. The summed E-state index contributed by atoms with van der Waals surface area (Å²) >= 11 is 1.92. The lowest BCUT2D eigenvalue weighted by molar-refractivity contribution is 0.577. The summed E-state index contributed by atoms with van der Waals surface area (Å²) in [4.78, 5) is 5.09. The zero-order valence-corrected chi connectivity index (χ0v) is 33.4. The van der Waals surface area contributed by atoms with Crippen molar-refractivity contribution < 1.29 is 0 Å². The molecule has 0 saturated heterocycles. The first-order valence-corrected chi connectivity index (χ1v) is 21.5. The van der Waals surface area contributed by atoms with Gasteiger partial charge in [0.15, 0.2) is 0 Å². The summed E-state index contributed by atoms with van der Waals surface area (Å²) in [5.74, 6) is 0. The molecule has 4 aliphatic rings. The first kappa shape index (κ1) is 33.2. The predicted molar refractivity (Wildman–Crippen MR) is 245 cm³/mol. The zero-order valence-electron chi connectivity index (χ0n) is 32.6. The average Bonchev–Trinajstić information content (AvgIpc) is 3.78. The van der Waals surface area contributed by atoms with Crippen molar-refractivity contribution in [3.05, 3.63) is 234 Å². The van der Waals surface area contributed by atoms with Crippen molar-refractivity contribution in [2.24, 2.45) is 0 Å². The molecule has 0 amide bonds. The molecule has 2 atom stereocenters. The van der Waals surface area contributed by atoms with E-state index in [1.54, 1.807) is 0 Å². The van der Waals surface area contributed by atoms with Crippen LogP contribution in [-0.4, -0.2) is 4.57 Å². The number of hydrogen-bond donors (Lipinski definition) is 0. The second kappa shape index (κ2) is 12.1. The third-order valence-electron chi connectivity index (χ3n) is 13.7. The van der Waals surface area contributed by atoms with Gasteiger partial charge in [-0.25, -0.2) is 0 Å². The largest absolute Gasteiger partial charge is 0.313 e. The lowest BCUT2D eigenvalue weighted by atomic mass is 9.62. The SMILES string of the molecule is CC12CC=CC=C1N(c1ccc(-c3ccc(-c4cccc5c4Sc4ccccc4C54c5ccccc5-n5c6ccccc6c6cccc4c65)cc3)cc1)c1ccccc12. The van der Waals surface area contributed by atoms with Gasteiger partial charge in [-0.2, -0.15) is 0 Å². The summed E-state index contributed by atoms with van der Waals surface area (Å²) < 4.78 is 2.52. The highest BCUT2D eigenvalue weighted by atomic mass is 32.2. The van der Waals surface area contributed by atoms with Crippen molar-refractivity contribution >= 4 is 44.9 Å². The van der Waals surface area contributed by atoms with Crippen molar-refractivity contribution in [1.82, 2.24) is 4.57 Å². The van der Waals surface area contributed by atoms with Crippen molar-refractivity contribution in [3.8, 4) is 27.9 Å². The number of anilines is 2. The van der Waals surface area contributed by atoms with E-state index in [9.17, 15) is 0 Å². The van der Waals surface area contributed by atoms with Gasteiger partial charge >= 0.3 is 0 Å². The number of allylic oxidation sites excluding steroid dienone is 4. The Bertz CT molecular complexity index is 3290. The Kier molecular flexibility index (Phi) is 6.81. The summed E-state index contributed by atoms with van der Waals surface area (Å²) in [5, 5.41) is 2.60. The van der Waals surface area contributed by atoms with E-state index in [-0.39, 0.29) is 5.41 Å². The smallest absolute Gasteiger partial charge is 0.0764 e. The van der Waals surface area contributed by atoms with Crippen LogP contribution >= 0.6 is 11.8 Å². The summed E-state index contributed by atoms with van der Waals surface area (Å²) in [5.41, 5.74) is 18.8. The first-order valence-electron chi connectivity index (χ1n) is 20.7. The van der Waals surface area contributed by atoms with Crippen LogP contribution in [0.4, 0.5) is 11.4 Å². The van der Waals surface area contributed by atoms with Gasteiger partial charge in [0.2, 0.25) is 0 Å². The van der Waals surface area contributed by atoms with Crippen molar-refractivity contribution in [2.75, 3.05) is 4.90 Å². The van der Waals surface area contributed by atoms with E-state index >= 15 is 0 Å². The molecule has 0 fully saturated rings. The number of para-hydroxylation sites is 4. The van der Waals surface area contributed by atoms with Crippen LogP contribution in [-0.2, 0) is 10.8 Å². The minimum Gasteiger partial charge on any atom is -0.313 e. The molecule has 1 spiro atoms. The number of fused-ring (bicyclic) bond motifs is 14. The second-order valence-corrected chi connectivity index (χ2v) is 17.6. The molecule has 1 aromatic heterocycles. The van der Waals surface area contributed by atoms with Gasteiger partial charge in [0.25, 0.3) is 0 Å². The maximum absolute atomic E-state index is 2.52. The Morgan fingerprint density at radius 1 is 0.508 bits per heavy atom. The van der Waals surface area contributed by atoms with E-state index in [2.05, 4.69) is 217 Å². The van der Waals surface area contributed by atoms with Crippen LogP contribution in [0.5, 0.6) is 0 Å². The quantitative estimate of drug-likeness (QED) is 0.177. The molecule has 0 saturated carbocycles. The number of rotatable bonds is 3. The summed E-state index contributed by atoms with van der Waals surface area (Å²) in [6, 6.07) is 68.4. The molecule has 1 aliphatic carbocycles. The van der Waals surface area contributed by atoms with Gasteiger partial charge in [0, 0.05) is 43.1 Å². The highest BCUT2D eigenvalue weighted by molar-refractivity contribution is 7.99. The van der Waals surface area contributed by atoms with Crippen LogP contribution < -0.4 is 4.90 Å². The van der Waals surface area contributed by atoms with Crippen LogP contribution in [0.1, 0.15) is 41.2 Å². The third kappa shape index (κ3) is 4.33. The van der Waals surface area contributed by atoms with Gasteiger partial charge in [-0.05, 0) is 106 Å². The Labute approximate surface area is 348 Å². The first-order chi connectivity index (χ1) is 29.1. The minimum atomic E-state index is -0.493. The zero-order chi connectivity index (χ0) is 38.9. The maximum Gasteiger partial charge on any atom is 0.0764 e. The van der Waals surface area contributed by atoms with Crippen LogP contribution in [0.15, 0.2) is 216 Å². The fourth-order valence-corrected chi connectivity index (χ4v) is 12.4. The fraction of sp³-hybridized carbons (Fsp3) is 0.0714. The van der Waals surface area contributed by atoms with E-state index in [0.717, 1.165) is 6.42 Å². The van der Waals surface area contributed by atoms with Crippen LogP contribution in [0.2, 0.25) is 0 Å². The highest BCUT2D eigenvalue weighted by Gasteiger charge is 2.50. The summed E-state index contributed by atoms with van der Waals surface area (Å²) in [6.45, 7) is 2.38. The molecular weight excluding hydrogens is 733 g/mol. The monoisotopic (exact) mass is 770 g/mol. The normalized spacial score (nSPS) is 19.3. The van der Waals surface area contributed by atoms with Crippen molar-refractivity contribution in [2.45, 2.75) is 34.0 Å². The molecule has 3 heteroatoms. The van der Waals surface area contributed by atoms with E-state index in [0.29, 0.717) is 0 Å².